The third kappa shape index (κ3) is 4.28. The van der Waals surface area contributed by atoms with Crippen LogP contribution in [0.25, 0.3) is 66.1 Å². The van der Waals surface area contributed by atoms with Crippen molar-refractivity contribution in [3.8, 4) is 33.4 Å². The second kappa shape index (κ2) is 11.1. The van der Waals surface area contributed by atoms with Gasteiger partial charge in [-0.25, -0.2) is 0 Å². The maximum absolute atomic E-state index is 6.69. The van der Waals surface area contributed by atoms with E-state index in [-0.39, 0.29) is 10.8 Å². The molecule has 0 saturated carbocycles. The fourth-order valence-corrected chi connectivity index (χ4v) is 9.64. The zero-order valence-corrected chi connectivity index (χ0v) is 30.9. The van der Waals surface area contributed by atoms with Crippen molar-refractivity contribution in [1.82, 2.24) is 0 Å². The van der Waals surface area contributed by atoms with Crippen molar-refractivity contribution in [2.45, 2.75) is 38.5 Å². The minimum Gasteiger partial charge on any atom is -0.454 e. The lowest BCUT2D eigenvalue weighted by atomic mass is 9.79. The molecule has 1 aromatic heterocycles. The summed E-state index contributed by atoms with van der Waals surface area (Å²) in [5.41, 5.74) is 18.2. The zero-order valence-electron chi connectivity index (χ0n) is 30.9. The Labute approximate surface area is 315 Å². The Hall–Kier alpha value is -6.38. The second-order valence-electron chi connectivity index (χ2n) is 16.1. The molecule has 0 unspecified atom stereocenters. The van der Waals surface area contributed by atoms with E-state index >= 15 is 0 Å². The number of rotatable bonds is 4. The molecule has 2 heteroatoms. The van der Waals surface area contributed by atoms with Crippen molar-refractivity contribution in [2.75, 3.05) is 4.90 Å². The average Bonchev–Trinajstić information content (AvgIpc) is 3.77. The van der Waals surface area contributed by atoms with Crippen LogP contribution in [0.4, 0.5) is 17.1 Å². The van der Waals surface area contributed by atoms with E-state index in [0.717, 1.165) is 44.6 Å². The molecule has 0 saturated heterocycles. The molecule has 2 nitrogen and oxygen atoms in total. The summed E-state index contributed by atoms with van der Waals surface area (Å²) in [6.07, 6.45) is 0. The fourth-order valence-electron chi connectivity index (χ4n) is 9.64. The molecule has 9 aromatic rings. The fraction of sp³-hybridized carbons (Fsp3) is 0.115. The summed E-state index contributed by atoms with van der Waals surface area (Å²) in [5, 5.41) is 4.70. The van der Waals surface area contributed by atoms with Gasteiger partial charge in [0.1, 0.15) is 5.58 Å². The number of furan rings is 1. The molecule has 0 amide bonds. The van der Waals surface area contributed by atoms with Gasteiger partial charge in [-0.2, -0.15) is 0 Å². The van der Waals surface area contributed by atoms with E-state index in [0.29, 0.717) is 0 Å². The van der Waals surface area contributed by atoms with Crippen molar-refractivity contribution in [3.63, 3.8) is 0 Å². The summed E-state index contributed by atoms with van der Waals surface area (Å²) < 4.78 is 6.69. The van der Waals surface area contributed by atoms with E-state index in [1.54, 1.807) is 0 Å². The molecule has 0 aliphatic heterocycles. The molecule has 1 heterocycles. The standard InChI is InChI=1S/C52H39NO/c1-51(2)43-21-11-8-18-37(43)41-30-46-42(31-45(41)51)40-28-33-25-26-35(27-34(33)29-44(40)52(46,3)4)53(47-22-12-9-17-36(47)32-15-6-5-7-16-32)48-23-14-20-39-38-19-10-13-24-49(38)54-50(39)48/h5-31H,1-4H3. The van der Waals surface area contributed by atoms with Crippen LogP contribution in [-0.2, 0) is 10.8 Å². The number of para-hydroxylation sites is 3. The van der Waals surface area contributed by atoms with Gasteiger partial charge in [-0.3, -0.25) is 0 Å². The van der Waals surface area contributed by atoms with Crippen molar-refractivity contribution in [1.29, 1.82) is 0 Å². The first-order valence-electron chi connectivity index (χ1n) is 19.0. The van der Waals surface area contributed by atoms with Gasteiger partial charge in [0.05, 0.1) is 11.4 Å². The number of nitrogens with zero attached hydrogens (tertiary/aromatic N) is 1. The van der Waals surface area contributed by atoms with Gasteiger partial charge in [-0.1, -0.05) is 137 Å². The molecular weight excluding hydrogens is 655 g/mol. The smallest absolute Gasteiger partial charge is 0.159 e. The molecule has 0 bridgehead atoms. The summed E-state index contributed by atoms with van der Waals surface area (Å²) in [5.74, 6) is 0. The molecule has 0 N–H and O–H groups in total. The van der Waals surface area contributed by atoms with Crippen LogP contribution in [0.15, 0.2) is 168 Å². The van der Waals surface area contributed by atoms with Crippen LogP contribution in [0.1, 0.15) is 49.9 Å². The van der Waals surface area contributed by atoms with Crippen LogP contribution in [0.5, 0.6) is 0 Å². The van der Waals surface area contributed by atoms with Crippen molar-refractivity contribution >= 4 is 49.8 Å². The predicted molar refractivity (Wildman–Crippen MR) is 226 cm³/mol. The van der Waals surface area contributed by atoms with Crippen LogP contribution >= 0.6 is 0 Å². The van der Waals surface area contributed by atoms with E-state index in [9.17, 15) is 0 Å². The van der Waals surface area contributed by atoms with Gasteiger partial charge in [0, 0.05) is 32.9 Å². The van der Waals surface area contributed by atoms with Gasteiger partial charge in [-0.15, -0.1) is 0 Å². The third-order valence-corrected chi connectivity index (χ3v) is 12.4. The third-order valence-electron chi connectivity index (χ3n) is 12.4. The number of benzene rings is 8. The summed E-state index contributed by atoms with van der Waals surface area (Å²) in [6.45, 7) is 9.55. The number of hydrogen-bond acceptors (Lipinski definition) is 2. The SMILES string of the molecule is CC1(C)c2ccccc2-c2cc3c(cc21)-c1cc2ccc(N(c4ccccc4-c4ccccc4)c4cccc5c4oc4ccccc45)cc2cc1C3(C)C. The molecule has 54 heavy (non-hydrogen) atoms. The first kappa shape index (κ1) is 31.2. The van der Waals surface area contributed by atoms with Crippen molar-refractivity contribution in [3.05, 3.63) is 186 Å². The lowest BCUT2D eigenvalue weighted by molar-refractivity contribution is 0.652. The zero-order chi connectivity index (χ0) is 36.3. The van der Waals surface area contributed by atoms with Crippen molar-refractivity contribution in [2.24, 2.45) is 0 Å². The monoisotopic (exact) mass is 693 g/mol. The Morgan fingerprint density at radius 2 is 1.02 bits per heavy atom. The Kier molecular flexibility index (Phi) is 6.39. The normalized spacial score (nSPS) is 14.6. The molecule has 0 atom stereocenters. The Morgan fingerprint density at radius 3 is 1.85 bits per heavy atom. The first-order valence-corrected chi connectivity index (χ1v) is 19.0. The lowest BCUT2D eigenvalue weighted by Gasteiger charge is -2.28. The van der Waals surface area contributed by atoms with Gasteiger partial charge >= 0.3 is 0 Å². The molecule has 0 spiro atoms. The molecular formula is C52H39NO. The van der Waals surface area contributed by atoms with E-state index in [1.807, 2.05) is 6.07 Å². The summed E-state index contributed by atoms with van der Waals surface area (Å²) in [6, 6.07) is 60.1. The molecule has 8 aromatic carbocycles. The van der Waals surface area contributed by atoms with Gasteiger partial charge in [0.2, 0.25) is 0 Å². The average molecular weight is 694 g/mol. The van der Waals surface area contributed by atoms with Gasteiger partial charge in [0.15, 0.2) is 5.58 Å². The van der Waals surface area contributed by atoms with Crippen LogP contribution in [0, 0.1) is 0 Å². The van der Waals surface area contributed by atoms with Crippen LogP contribution in [-0.4, -0.2) is 0 Å². The molecule has 11 rings (SSSR count). The Morgan fingerprint density at radius 1 is 0.407 bits per heavy atom. The number of hydrogen-bond donors (Lipinski definition) is 0. The first-order chi connectivity index (χ1) is 26.3. The highest BCUT2D eigenvalue weighted by Gasteiger charge is 2.41. The molecule has 258 valence electrons. The van der Waals surface area contributed by atoms with Crippen molar-refractivity contribution < 1.29 is 4.42 Å². The van der Waals surface area contributed by atoms with E-state index in [2.05, 4.69) is 190 Å². The summed E-state index contributed by atoms with van der Waals surface area (Å²) in [7, 11) is 0. The number of anilines is 3. The maximum Gasteiger partial charge on any atom is 0.159 e. The molecule has 2 aliphatic carbocycles. The highest BCUT2D eigenvalue weighted by molar-refractivity contribution is 6.11. The number of fused-ring (bicyclic) bond motifs is 10. The lowest BCUT2D eigenvalue weighted by Crippen LogP contribution is -2.17. The van der Waals surface area contributed by atoms with Gasteiger partial charge < -0.3 is 9.32 Å². The van der Waals surface area contributed by atoms with Gasteiger partial charge in [-0.05, 0) is 115 Å². The highest BCUT2D eigenvalue weighted by atomic mass is 16.3. The van der Waals surface area contributed by atoms with Crippen LogP contribution in [0.3, 0.4) is 0 Å². The predicted octanol–water partition coefficient (Wildman–Crippen LogP) is 14.5. The van der Waals surface area contributed by atoms with E-state index < -0.39 is 0 Å². The maximum atomic E-state index is 6.69. The molecule has 2 aliphatic rings. The van der Waals surface area contributed by atoms with E-state index in [1.165, 1.54) is 60.8 Å². The van der Waals surface area contributed by atoms with Gasteiger partial charge in [0.25, 0.3) is 0 Å². The summed E-state index contributed by atoms with van der Waals surface area (Å²) >= 11 is 0. The van der Waals surface area contributed by atoms with E-state index in [4.69, 9.17) is 4.42 Å². The summed E-state index contributed by atoms with van der Waals surface area (Å²) in [4.78, 5) is 2.39. The largest absolute Gasteiger partial charge is 0.454 e. The Balaban J connectivity index is 1.12. The minimum absolute atomic E-state index is 0.0399. The minimum atomic E-state index is -0.148. The second-order valence-corrected chi connectivity index (χ2v) is 16.1. The molecule has 0 radical (unpaired) electrons. The highest BCUT2D eigenvalue weighted by Crippen LogP contribution is 2.57. The topological polar surface area (TPSA) is 16.4 Å². The molecule has 0 fully saturated rings. The van der Waals surface area contributed by atoms with Crippen LogP contribution < -0.4 is 4.90 Å². The quantitative estimate of drug-likeness (QED) is 0.182. The Bertz CT molecular complexity index is 3000. The van der Waals surface area contributed by atoms with Crippen LogP contribution in [0.2, 0.25) is 0 Å².